The van der Waals surface area contributed by atoms with E-state index in [0.717, 1.165) is 6.42 Å². The summed E-state index contributed by atoms with van der Waals surface area (Å²) in [6, 6.07) is 0.672. The fraction of sp³-hybridized carbons (Fsp3) is 0.889. The second kappa shape index (κ2) is 17.2. The summed E-state index contributed by atoms with van der Waals surface area (Å²) in [5.41, 5.74) is 0. The second-order valence-electron chi connectivity index (χ2n) is 6.05. The third kappa shape index (κ3) is 12.7. The quantitative estimate of drug-likeness (QED) is 0.189. The Bertz CT molecular complexity index is 412. The van der Waals surface area contributed by atoms with E-state index in [0.29, 0.717) is 50.3 Å². The largest absolute Gasteiger partial charge is 0.500 e. The van der Waals surface area contributed by atoms with Gasteiger partial charge < -0.3 is 28.4 Å². The number of carbonyl (C=O) groups excluding carboxylic acids is 2. The summed E-state index contributed by atoms with van der Waals surface area (Å²) in [4.78, 5) is 23.5. The number of nitrogens with one attached hydrogen (secondary N) is 1. The standard InChI is InChI=1S/C18H37NO7SSi/c1-5-24-28(25-6-2,26-7-3)14-8-10-19-17(21)9-13-27-15-16(4)18(22)23-12-11-20/h16,20H,5-15H2,1-4H3,(H,19,21). The van der Waals surface area contributed by atoms with Gasteiger partial charge in [-0.25, -0.2) is 0 Å². The molecule has 0 saturated heterocycles. The molecular weight excluding hydrogens is 402 g/mol. The van der Waals surface area contributed by atoms with Gasteiger partial charge in [0.1, 0.15) is 6.61 Å². The number of hydrogen-bond acceptors (Lipinski definition) is 8. The Morgan fingerprint density at radius 1 is 1.11 bits per heavy atom. The third-order valence-corrected chi connectivity index (χ3v) is 8.03. The van der Waals surface area contributed by atoms with E-state index in [1.807, 2.05) is 20.8 Å². The van der Waals surface area contributed by atoms with E-state index in [1.165, 1.54) is 11.8 Å². The van der Waals surface area contributed by atoms with Crippen molar-refractivity contribution in [3.05, 3.63) is 0 Å². The van der Waals surface area contributed by atoms with Crippen molar-refractivity contribution in [1.29, 1.82) is 0 Å². The van der Waals surface area contributed by atoms with Gasteiger partial charge >= 0.3 is 14.8 Å². The van der Waals surface area contributed by atoms with Crippen LogP contribution in [0.3, 0.4) is 0 Å². The van der Waals surface area contributed by atoms with E-state index in [4.69, 9.17) is 23.1 Å². The van der Waals surface area contributed by atoms with Gasteiger partial charge in [0, 0.05) is 50.3 Å². The van der Waals surface area contributed by atoms with Crippen molar-refractivity contribution in [2.24, 2.45) is 5.92 Å². The Hall–Kier alpha value is -0.653. The van der Waals surface area contributed by atoms with Gasteiger partial charge in [0.05, 0.1) is 12.5 Å². The molecule has 0 bridgehead atoms. The first-order valence-corrected chi connectivity index (χ1v) is 13.1. The summed E-state index contributed by atoms with van der Waals surface area (Å²) in [5.74, 6) is 0.631. The Labute approximate surface area is 174 Å². The monoisotopic (exact) mass is 439 g/mol. The number of carbonyl (C=O) groups is 2. The first-order valence-electron chi connectivity index (χ1n) is 9.98. The molecule has 28 heavy (non-hydrogen) atoms. The van der Waals surface area contributed by atoms with Crippen LogP contribution in [0.2, 0.25) is 6.04 Å². The minimum atomic E-state index is -2.65. The maximum Gasteiger partial charge on any atom is 0.500 e. The van der Waals surface area contributed by atoms with Crippen molar-refractivity contribution in [3.8, 4) is 0 Å². The second-order valence-corrected chi connectivity index (χ2v) is 9.93. The number of thioether (sulfide) groups is 1. The Morgan fingerprint density at radius 3 is 2.25 bits per heavy atom. The lowest BCUT2D eigenvalue weighted by Crippen LogP contribution is -2.46. The molecule has 2 N–H and O–H groups in total. The summed E-state index contributed by atoms with van der Waals surface area (Å²) >= 11 is 1.54. The van der Waals surface area contributed by atoms with Gasteiger partial charge in [-0.2, -0.15) is 11.8 Å². The predicted molar refractivity (Wildman–Crippen MR) is 112 cm³/mol. The molecule has 1 atom stereocenters. The van der Waals surface area contributed by atoms with Crippen molar-refractivity contribution in [1.82, 2.24) is 5.32 Å². The molecule has 0 heterocycles. The fourth-order valence-corrected chi connectivity index (χ4v) is 6.00. The van der Waals surface area contributed by atoms with Crippen LogP contribution in [0.5, 0.6) is 0 Å². The third-order valence-electron chi connectivity index (χ3n) is 3.65. The number of hydrogen-bond donors (Lipinski definition) is 2. The molecule has 0 spiro atoms. The average Bonchev–Trinajstić information content (AvgIpc) is 2.67. The molecule has 0 radical (unpaired) electrons. The van der Waals surface area contributed by atoms with Crippen LogP contribution in [0, 0.1) is 5.92 Å². The number of aliphatic hydroxyl groups excluding tert-OH is 1. The smallest absolute Gasteiger partial charge is 0.463 e. The van der Waals surface area contributed by atoms with Crippen LogP contribution >= 0.6 is 11.8 Å². The van der Waals surface area contributed by atoms with Gasteiger partial charge in [-0.15, -0.1) is 0 Å². The van der Waals surface area contributed by atoms with Gasteiger partial charge in [-0.1, -0.05) is 6.92 Å². The molecule has 0 aromatic rings. The lowest BCUT2D eigenvalue weighted by Gasteiger charge is -2.28. The minimum absolute atomic E-state index is 0.0143. The van der Waals surface area contributed by atoms with Gasteiger partial charge in [0.15, 0.2) is 0 Å². The van der Waals surface area contributed by atoms with E-state index in [-0.39, 0.29) is 31.0 Å². The van der Waals surface area contributed by atoms with Gasteiger partial charge in [0.2, 0.25) is 5.91 Å². The van der Waals surface area contributed by atoms with Gasteiger partial charge in [-0.3, -0.25) is 9.59 Å². The van der Waals surface area contributed by atoms with E-state index >= 15 is 0 Å². The van der Waals surface area contributed by atoms with Crippen molar-refractivity contribution in [3.63, 3.8) is 0 Å². The first-order chi connectivity index (χ1) is 13.4. The zero-order valence-electron chi connectivity index (χ0n) is 17.7. The molecule has 0 aromatic heterocycles. The highest BCUT2D eigenvalue weighted by Gasteiger charge is 2.39. The summed E-state index contributed by atoms with van der Waals surface area (Å²) in [5, 5.41) is 11.5. The van der Waals surface area contributed by atoms with Crippen LogP contribution < -0.4 is 5.32 Å². The van der Waals surface area contributed by atoms with Crippen molar-refractivity contribution in [2.75, 3.05) is 51.1 Å². The predicted octanol–water partition coefficient (Wildman–Crippen LogP) is 1.84. The first kappa shape index (κ1) is 27.3. The summed E-state index contributed by atoms with van der Waals surface area (Å²) in [6.07, 6.45) is 1.13. The van der Waals surface area contributed by atoms with Crippen LogP contribution in [0.1, 0.15) is 40.5 Å². The molecule has 0 fully saturated rings. The molecule has 1 amide bonds. The molecule has 10 heteroatoms. The molecule has 0 aliphatic heterocycles. The molecule has 0 saturated carbocycles. The SMILES string of the molecule is CCO[Si](CCCNC(=O)CCSCC(C)C(=O)OCCO)(OCC)OCC. The number of aliphatic hydroxyl groups is 1. The number of rotatable bonds is 18. The Morgan fingerprint density at radius 2 is 1.71 bits per heavy atom. The van der Waals surface area contributed by atoms with Gasteiger partial charge in [0.25, 0.3) is 0 Å². The summed E-state index contributed by atoms with van der Waals surface area (Å²) in [6.45, 7) is 9.58. The number of esters is 1. The zero-order valence-corrected chi connectivity index (χ0v) is 19.5. The molecule has 1 unspecified atom stereocenters. The van der Waals surface area contributed by atoms with E-state index in [9.17, 15) is 9.59 Å². The molecule has 166 valence electrons. The van der Waals surface area contributed by atoms with E-state index in [2.05, 4.69) is 5.32 Å². The molecule has 0 rings (SSSR count). The summed E-state index contributed by atoms with van der Waals surface area (Å²) < 4.78 is 22.2. The van der Waals surface area contributed by atoms with Crippen LogP contribution in [0.25, 0.3) is 0 Å². The van der Waals surface area contributed by atoms with E-state index < -0.39 is 8.80 Å². The zero-order chi connectivity index (χ0) is 21.3. The molecule has 0 aromatic carbocycles. The Balaban J connectivity index is 3.98. The highest BCUT2D eigenvalue weighted by molar-refractivity contribution is 7.99. The highest BCUT2D eigenvalue weighted by Crippen LogP contribution is 2.18. The number of amides is 1. The van der Waals surface area contributed by atoms with Crippen molar-refractivity contribution >= 4 is 32.4 Å². The minimum Gasteiger partial charge on any atom is -0.463 e. The lowest BCUT2D eigenvalue weighted by molar-refractivity contribution is -0.148. The number of ether oxygens (including phenoxy) is 1. The molecular formula is C18H37NO7SSi. The van der Waals surface area contributed by atoms with Crippen molar-refractivity contribution < 1.29 is 32.7 Å². The normalized spacial score (nSPS) is 12.6. The highest BCUT2D eigenvalue weighted by atomic mass is 32.2. The lowest BCUT2D eigenvalue weighted by atomic mass is 10.2. The van der Waals surface area contributed by atoms with Crippen LogP contribution in [0.15, 0.2) is 0 Å². The van der Waals surface area contributed by atoms with Crippen LogP contribution in [-0.2, 0) is 27.6 Å². The average molecular weight is 440 g/mol. The van der Waals surface area contributed by atoms with Crippen LogP contribution in [0.4, 0.5) is 0 Å². The molecule has 8 nitrogen and oxygen atoms in total. The Kier molecular flexibility index (Phi) is 16.8. The van der Waals surface area contributed by atoms with Crippen LogP contribution in [-0.4, -0.2) is 76.9 Å². The fourth-order valence-electron chi connectivity index (χ4n) is 2.40. The van der Waals surface area contributed by atoms with Gasteiger partial charge in [-0.05, 0) is 27.2 Å². The molecule has 0 aliphatic carbocycles. The van der Waals surface area contributed by atoms with Crippen molar-refractivity contribution in [2.45, 2.75) is 46.6 Å². The maximum atomic E-state index is 11.9. The summed E-state index contributed by atoms with van der Waals surface area (Å²) in [7, 11) is -2.65. The van der Waals surface area contributed by atoms with E-state index in [1.54, 1.807) is 6.92 Å². The maximum absolute atomic E-state index is 11.9. The molecule has 0 aliphatic rings. The topological polar surface area (TPSA) is 103 Å².